The normalized spacial score (nSPS) is 25.0. The standard InChI is InChI=1S/C22H28N6O3/c1-13-10-18(26-17-11-16(23-12-24-17)25-14-6-5-7-15(14)29)28(31)20-19(13)21(30)27-22(20)8-3-2-4-9-22/h10-12,14-15,29,31H,2-9H2,1H3,(H,27,30)(H,23,24,25)/t14-,15-/m0/s1. The number of hydrogen-bond acceptors (Lipinski definition) is 7. The highest BCUT2D eigenvalue weighted by Gasteiger charge is 2.47. The Morgan fingerprint density at radius 1 is 1.19 bits per heavy atom. The minimum Gasteiger partial charge on any atom is -0.427 e. The predicted molar refractivity (Wildman–Crippen MR) is 113 cm³/mol. The van der Waals surface area contributed by atoms with Crippen LogP contribution in [0.1, 0.15) is 73.0 Å². The molecule has 31 heavy (non-hydrogen) atoms. The first-order chi connectivity index (χ1) is 15.0. The van der Waals surface area contributed by atoms with E-state index in [0.717, 1.165) is 61.7 Å². The molecule has 4 N–H and O–H groups in total. The molecule has 1 spiro atoms. The minimum atomic E-state index is -0.535. The maximum absolute atomic E-state index is 12.7. The van der Waals surface area contributed by atoms with E-state index in [1.54, 1.807) is 12.1 Å². The summed E-state index contributed by atoms with van der Waals surface area (Å²) in [5.74, 6) is 0.845. The molecule has 2 aromatic heterocycles. The number of nitrogens with one attached hydrogen (secondary N) is 2. The molecule has 2 atom stereocenters. The van der Waals surface area contributed by atoms with E-state index in [1.165, 1.54) is 6.33 Å². The van der Waals surface area contributed by atoms with Gasteiger partial charge in [-0.15, -0.1) is 0 Å². The Labute approximate surface area is 180 Å². The van der Waals surface area contributed by atoms with Gasteiger partial charge in [-0.1, -0.05) is 19.3 Å². The van der Waals surface area contributed by atoms with Gasteiger partial charge in [0.1, 0.15) is 12.1 Å². The van der Waals surface area contributed by atoms with Crippen LogP contribution in [0.5, 0.6) is 0 Å². The third-order valence-electron chi connectivity index (χ3n) is 6.84. The van der Waals surface area contributed by atoms with Crippen LogP contribution in [0.3, 0.4) is 0 Å². The first-order valence-corrected chi connectivity index (χ1v) is 11.1. The van der Waals surface area contributed by atoms with Crippen molar-refractivity contribution in [2.45, 2.75) is 76.0 Å². The largest absolute Gasteiger partial charge is 0.427 e. The molecule has 2 aliphatic carbocycles. The zero-order valence-electron chi connectivity index (χ0n) is 17.6. The minimum absolute atomic E-state index is 0.0315. The van der Waals surface area contributed by atoms with Crippen LogP contribution in [-0.2, 0) is 5.54 Å². The number of nitrogens with zero attached hydrogens (tertiary/aromatic N) is 4. The number of aliphatic hydroxyl groups excluding tert-OH is 1. The Hall–Kier alpha value is -2.94. The van der Waals surface area contributed by atoms with Crippen molar-refractivity contribution >= 4 is 17.5 Å². The average Bonchev–Trinajstić information content (AvgIpc) is 3.27. The van der Waals surface area contributed by atoms with Crippen molar-refractivity contribution in [3.63, 3.8) is 0 Å². The van der Waals surface area contributed by atoms with Gasteiger partial charge in [0.2, 0.25) is 0 Å². The van der Waals surface area contributed by atoms with Crippen LogP contribution >= 0.6 is 0 Å². The highest BCUT2D eigenvalue weighted by Crippen LogP contribution is 2.42. The Bertz CT molecular complexity index is 1090. The lowest BCUT2D eigenvalue weighted by Crippen LogP contribution is -2.43. The van der Waals surface area contributed by atoms with Crippen LogP contribution in [0, 0.1) is 6.92 Å². The molecule has 1 amide bonds. The molecule has 1 aliphatic heterocycles. The molecule has 0 bridgehead atoms. The number of rotatable bonds is 3. The Balaban J connectivity index is 1.54. The Morgan fingerprint density at radius 2 is 2.00 bits per heavy atom. The molecule has 0 aromatic carbocycles. The second kappa shape index (κ2) is 7.64. The lowest BCUT2D eigenvalue weighted by Gasteiger charge is -2.34. The number of anilines is 1. The Kier molecular flexibility index (Phi) is 4.92. The van der Waals surface area contributed by atoms with Crippen molar-refractivity contribution < 1.29 is 15.1 Å². The fourth-order valence-electron chi connectivity index (χ4n) is 5.30. The van der Waals surface area contributed by atoms with Crippen LogP contribution in [-0.4, -0.2) is 43.1 Å². The van der Waals surface area contributed by atoms with E-state index in [-0.39, 0.29) is 18.1 Å². The number of carbonyl (C=O) groups is 1. The monoisotopic (exact) mass is 424 g/mol. The molecule has 5 rings (SSSR count). The van der Waals surface area contributed by atoms with E-state index in [4.69, 9.17) is 0 Å². The lowest BCUT2D eigenvalue weighted by molar-refractivity contribution is 0.0892. The number of carbonyl (C=O) groups excluding carboxylic acids is 1. The number of pyridine rings is 1. The molecule has 2 fully saturated rings. The quantitative estimate of drug-likeness (QED) is 0.561. The maximum atomic E-state index is 12.7. The van der Waals surface area contributed by atoms with Crippen molar-refractivity contribution in [1.29, 1.82) is 0 Å². The van der Waals surface area contributed by atoms with E-state index in [9.17, 15) is 15.1 Å². The van der Waals surface area contributed by atoms with Gasteiger partial charge < -0.3 is 20.9 Å². The number of fused-ring (bicyclic) bond motifs is 2. The summed E-state index contributed by atoms with van der Waals surface area (Å²) in [6.07, 6.45) is 8.45. The maximum Gasteiger partial charge on any atom is 0.254 e. The topological polar surface area (TPSA) is 125 Å². The van der Waals surface area contributed by atoms with Crippen molar-refractivity contribution in [1.82, 2.24) is 20.0 Å². The first-order valence-electron chi connectivity index (χ1n) is 11.1. The molecule has 2 saturated carbocycles. The second-order valence-corrected chi connectivity index (χ2v) is 8.94. The van der Waals surface area contributed by atoms with E-state index in [1.807, 2.05) is 6.92 Å². The summed E-state index contributed by atoms with van der Waals surface area (Å²) in [4.78, 5) is 25.7. The van der Waals surface area contributed by atoms with Crippen LogP contribution < -0.4 is 16.1 Å². The van der Waals surface area contributed by atoms with Gasteiger partial charge in [0, 0.05) is 6.07 Å². The van der Waals surface area contributed by atoms with E-state index < -0.39 is 5.54 Å². The molecule has 0 unspecified atom stereocenters. The molecule has 3 heterocycles. The van der Waals surface area contributed by atoms with Gasteiger partial charge in [0.25, 0.3) is 5.91 Å². The van der Waals surface area contributed by atoms with Crippen LogP contribution in [0.25, 0.3) is 0 Å². The molecule has 9 heteroatoms. The van der Waals surface area contributed by atoms with Gasteiger partial charge in [-0.3, -0.25) is 4.79 Å². The summed E-state index contributed by atoms with van der Waals surface area (Å²) in [6, 6.07) is 3.37. The number of aryl methyl sites for hydroxylation is 1. The molecular weight excluding hydrogens is 396 g/mol. The average molecular weight is 425 g/mol. The molecule has 0 saturated heterocycles. The van der Waals surface area contributed by atoms with E-state index in [0.29, 0.717) is 28.4 Å². The van der Waals surface area contributed by atoms with Crippen molar-refractivity contribution in [3.8, 4) is 0 Å². The molecule has 3 aliphatic rings. The van der Waals surface area contributed by atoms with Gasteiger partial charge in [0.15, 0.2) is 11.3 Å². The third-order valence-corrected chi connectivity index (χ3v) is 6.84. The first kappa shape index (κ1) is 20.0. The van der Waals surface area contributed by atoms with Crippen molar-refractivity contribution in [2.24, 2.45) is 4.99 Å². The molecular formula is C22H28N6O3. The van der Waals surface area contributed by atoms with Crippen LogP contribution in [0.2, 0.25) is 0 Å². The van der Waals surface area contributed by atoms with Crippen LogP contribution in [0.4, 0.5) is 11.6 Å². The molecule has 9 nitrogen and oxygen atoms in total. The number of amides is 1. The third kappa shape index (κ3) is 3.46. The van der Waals surface area contributed by atoms with Crippen molar-refractivity contribution in [3.05, 3.63) is 40.8 Å². The van der Waals surface area contributed by atoms with E-state index in [2.05, 4.69) is 25.6 Å². The SMILES string of the molecule is Cc1cc(=Nc2cc(N[C@H]3CCC[C@@H]3O)ncn2)n(O)c2c1C(=O)NC21CCCCC1. The number of hydrogen-bond donors (Lipinski definition) is 4. The smallest absolute Gasteiger partial charge is 0.254 e. The van der Waals surface area contributed by atoms with Gasteiger partial charge in [0.05, 0.1) is 28.9 Å². The fourth-order valence-corrected chi connectivity index (χ4v) is 5.30. The summed E-state index contributed by atoms with van der Waals surface area (Å²) in [6.45, 7) is 1.87. The summed E-state index contributed by atoms with van der Waals surface area (Å²) in [7, 11) is 0. The number of aliphatic hydroxyl groups is 1. The predicted octanol–water partition coefficient (Wildman–Crippen LogP) is 2.28. The Morgan fingerprint density at radius 3 is 2.74 bits per heavy atom. The highest BCUT2D eigenvalue weighted by molar-refractivity contribution is 6.00. The second-order valence-electron chi connectivity index (χ2n) is 8.94. The lowest BCUT2D eigenvalue weighted by atomic mass is 9.79. The highest BCUT2D eigenvalue weighted by atomic mass is 16.5. The van der Waals surface area contributed by atoms with Gasteiger partial charge >= 0.3 is 0 Å². The van der Waals surface area contributed by atoms with Gasteiger partial charge in [-0.2, -0.15) is 4.73 Å². The van der Waals surface area contributed by atoms with E-state index >= 15 is 0 Å². The van der Waals surface area contributed by atoms with Crippen LogP contribution in [0.15, 0.2) is 23.5 Å². The summed E-state index contributed by atoms with van der Waals surface area (Å²) in [5.41, 5.74) is 1.72. The zero-order valence-corrected chi connectivity index (χ0v) is 17.6. The molecule has 164 valence electrons. The summed E-state index contributed by atoms with van der Waals surface area (Å²) < 4.78 is 1.06. The van der Waals surface area contributed by atoms with Gasteiger partial charge in [-0.25, -0.2) is 15.0 Å². The number of aromatic nitrogens is 3. The molecule has 0 radical (unpaired) electrons. The zero-order chi connectivity index (χ0) is 21.6. The molecule has 2 aromatic rings. The summed E-state index contributed by atoms with van der Waals surface area (Å²) >= 11 is 0. The van der Waals surface area contributed by atoms with Gasteiger partial charge in [-0.05, 0) is 50.7 Å². The van der Waals surface area contributed by atoms with Crippen molar-refractivity contribution in [2.75, 3.05) is 5.32 Å². The summed E-state index contributed by atoms with van der Waals surface area (Å²) in [5, 5.41) is 27.5. The fraction of sp³-hybridized carbons (Fsp3) is 0.545.